The fraction of sp³-hybridized carbons (Fsp3) is 0.462. The molecule has 1 aromatic rings. The summed E-state index contributed by atoms with van der Waals surface area (Å²) in [5, 5.41) is 8.78. The van der Waals surface area contributed by atoms with Gasteiger partial charge in [0.1, 0.15) is 5.75 Å². The Labute approximate surface area is 102 Å². The summed E-state index contributed by atoms with van der Waals surface area (Å²) in [6.07, 6.45) is 3.69. The van der Waals surface area contributed by atoms with E-state index in [0.29, 0.717) is 12.2 Å². The molecule has 1 aromatic carbocycles. The summed E-state index contributed by atoms with van der Waals surface area (Å²) in [5.74, 6) is 1.66. The lowest BCUT2D eigenvalue weighted by atomic mass is 9.71. The molecular weight excluding hydrogens is 218 g/mol. The molecule has 1 fully saturated rings. The SMILES string of the molecule is N#Cc1cccc(OCC2(CS)CCC2)c1. The van der Waals surface area contributed by atoms with Crippen LogP contribution in [-0.4, -0.2) is 12.4 Å². The Morgan fingerprint density at radius 2 is 2.25 bits per heavy atom. The van der Waals surface area contributed by atoms with Crippen molar-refractivity contribution in [1.29, 1.82) is 5.26 Å². The van der Waals surface area contributed by atoms with Crippen LogP contribution < -0.4 is 4.74 Å². The lowest BCUT2D eigenvalue weighted by molar-refractivity contribution is 0.0829. The third kappa shape index (κ3) is 2.33. The van der Waals surface area contributed by atoms with Crippen molar-refractivity contribution >= 4 is 12.6 Å². The number of nitriles is 1. The van der Waals surface area contributed by atoms with Crippen molar-refractivity contribution in [3.05, 3.63) is 29.8 Å². The third-order valence-electron chi connectivity index (χ3n) is 3.26. The summed E-state index contributed by atoms with van der Waals surface area (Å²) in [4.78, 5) is 0. The van der Waals surface area contributed by atoms with Gasteiger partial charge in [0, 0.05) is 5.41 Å². The zero-order valence-electron chi connectivity index (χ0n) is 9.15. The fourth-order valence-corrected chi connectivity index (χ4v) is 2.32. The Hall–Kier alpha value is -1.14. The molecule has 0 N–H and O–H groups in total. The normalized spacial score (nSPS) is 17.2. The van der Waals surface area contributed by atoms with Gasteiger partial charge in [0.05, 0.1) is 18.2 Å². The van der Waals surface area contributed by atoms with Crippen LogP contribution in [0.3, 0.4) is 0 Å². The number of hydrogen-bond donors (Lipinski definition) is 1. The van der Waals surface area contributed by atoms with Crippen LogP contribution in [0.1, 0.15) is 24.8 Å². The monoisotopic (exact) mass is 233 g/mol. The highest BCUT2D eigenvalue weighted by atomic mass is 32.1. The van der Waals surface area contributed by atoms with Gasteiger partial charge in [0.25, 0.3) is 0 Å². The smallest absolute Gasteiger partial charge is 0.120 e. The molecule has 0 spiro atoms. The van der Waals surface area contributed by atoms with Crippen molar-refractivity contribution in [3.63, 3.8) is 0 Å². The number of ether oxygens (including phenoxy) is 1. The zero-order chi connectivity index (χ0) is 11.4. The Bertz CT molecular complexity index is 401. The first-order valence-corrected chi connectivity index (χ1v) is 6.15. The zero-order valence-corrected chi connectivity index (χ0v) is 10.0. The molecule has 0 atom stereocenters. The third-order valence-corrected chi connectivity index (χ3v) is 3.93. The molecule has 0 aromatic heterocycles. The highest BCUT2D eigenvalue weighted by Gasteiger charge is 2.36. The van der Waals surface area contributed by atoms with Crippen LogP contribution >= 0.6 is 12.6 Å². The van der Waals surface area contributed by atoms with E-state index in [2.05, 4.69) is 18.7 Å². The summed E-state index contributed by atoms with van der Waals surface area (Å²) in [7, 11) is 0. The van der Waals surface area contributed by atoms with E-state index in [0.717, 1.165) is 11.5 Å². The molecule has 1 saturated carbocycles. The van der Waals surface area contributed by atoms with Gasteiger partial charge in [0.15, 0.2) is 0 Å². The van der Waals surface area contributed by atoms with Gasteiger partial charge in [-0.2, -0.15) is 17.9 Å². The number of nitrogens with zero attached hydrogens (tertiary/aromatic N) is 1. The number of hydrogen-bond acceptors (Lipinski definition) is 3. The first-order valence-electron chi connectivity index (χ1n) is 5.52. The van der Waals surface area contributed by atoms with Crippen molar-refractivity contribution < 1.29 is 4.74 Å². The molecule has 1 aliphatic carbocycles. The molecule has 0 heterocycles. The van der Waals surface area contributed by atoms with E-state index in [4.69, 9.17) is 10.00 Å². The highest BCUT2D eigenvalue weighted by molar-refractivity contribution is 7.80. The van der Waals surface area contributed by atoms with E-state index in [-0.39, 0.29) is 5.41 Å². The average molecular weight is 233 g/mol. The first kappa shape index (κ1) is 11.3. The lowest BCUT2D eigenvalue weighted by Gasteiger charge is -2.40. The maximum absolute atomic E-state index is 8.78. The summed E-state index contributed by atoms with van der Waals surface area (Å²) in [5.41, 5.74) is 0.914. The maximum Gasteiger partial charge on any atom is 0.120 e. The standard InChI is InChI=1S/C13H15NOS/c14-8-11-3-1-4-12(7-11)15-9-13(10-16)5-2-6-13/h1,3-4,7,16H,2,5-6,9-10H2. The van der Waals surface area contributed by atoms with Crippen LogP contribution in [0.2, 0.25) is 0 Å². The number of benzene rings is 1. The van der Waals surface area contributed by atoms with Crippen molar-refractivity contribution in [2.75, 3.05) is 12.4 Å². The van der Waals surface area contributed by atoms with Crippen molar-refractivity contribution in [1.82, 2.24) is 0 Å². The van der Waals surface area contributed by atoms with Crippen LogP contribution in [-0.2, 0) is 0 Å². The van der Waals surface area contributed by atoms with Crippen LogP contribution in [0.25, 0.3) is 0 Å². The van der Waals surface area contributed by atoms with Gasteiger partial charge in [-0.15, -0.1) is 0 Å². The largest absolute Gasteiger partial charge is 0.493 e. The summed E-state index contributed by atoms with van der Waals surface area (Å²) < 4.78 is 5.75. The molecule has 2 nitrogen and oxygen atoms in total. The molecular formula is C13H15NOS. The second-order valence-electron chi connectivity index (χ2n) is 4.44. The van der Waals surface area contributed by atoms with Gasteiger partial charge >= 0.3 is 0 Å². The summed E-state index contributed by atoms with van der Waals surface area (Å²) in [6, 6.07) is 9.42. The maximum atomic E-state index is 8.78. The molecule has 16 heavy (non-hydrogen) atoms. The van der Waals surface area contributed by atoms with Gasteiger partial charge in [-0.05, 0) is 36.8 Å². The predicted octanol–water partition coefficient (Wildman–Crippen LogP) is 3.04. The van der Waals surface area contributed by atoms with Crippen LogP contribution in [0.5, 0.6) is 5.75 Å². The molecule has 0 radical (unpaired) electrons. The molecule has 0 saturated heterocycles. The average Bonchev–Trinajstić information content (AvgIpc) is 2.29. The minimum atomic E-state index is 0.270. The van der Waals surface area contributed by atoms with E-state index in [1.807, 2.05) is 12.1 Å². The van der Waals surface area contributed by atoms with Crippen LogP contribution in [0.15, 0.2) is 24.3 Å². The minimum Gasteiger partial charge on any atom is -0.493 e. The predicted molar refractivity (Wildman–Crippen MR) is 66.8 cm³/mol. The molecule has 84 valence electrons. The van der Waals surface area contributed by atoms with Crippen molar-refractivity contribution in [3.8, 4) is 11.8 Å². The second kappa shape index (κ2) is 4.80. The lowest BCUT2D eigenvalue weighted by Crippen LogP contribution is -2.37. The van der Waals surface area contributed by atoms with Gasteiger partial charge in [-0.1, -0.05) is 12.5 Å². The Kier molecular flexibility index (Phi) is 3.40. The van der Waals surface area contributed by atoms with E-state index in [1.54, 1.807) is 12.1 Å². The van der Waals surface area contributed by atoms with Crippen LogP contribution in [0, 0.1) is 16.7 Å². The fourth-order valence-electron chi connectivity index (χ4n) is 1.92. The molecule has 3 heteroatoms. The topological polar surface area (TPSA) is 33.0 Å². The highest BCUT2D eigenvalue weighted by Crippen LogP contribution is 2.42. The van der Waals surface area contributed by atoms with E-state index in [9.17, 15) is 0 Å². The molecule has 0 aliphatic heterocycles. The second-order valence-corrected chi connectivity index (χ2v) is 4.76. The van der Waals surface area contributed by atoms with E-state index in [1.165, 1.54) is 19.3 Å². The molecule has 0 amide bonds. The quantitative estimate of drug-likeness (QED) is 0.811. The van der Waals surface area contributed by atoms with Crippen molar-refractivity contribution in [2.24, 2.45) is 5.41 Å². The van der Waals surface area contributed by atoms with Gasteiger partial charge < -0.3 is 4.74 Å². The Balaban J connectivity index is 1.96. The van der Waals surface area contributed by atoms with E-state index < -0.39 is 0 Å². The molecule has 0 bridgehead atoms. The summed E-state index contributed by atoms with van der Waals surface area (Å²) >= 11 is 4.39. The number of thiol groups is 1. The minimum absolute atomic E-state index is 0.270. The van der Waals surface area contributed by atoms with E-state index >= 15 is 0 Å². The summed E-state index contributed by atoms with van der Waals surface area (Å²) in [6.45, 7) is 0.714. The van der Waals surface area contributed by atoms with Gasteiger partial charge in [-0.3, -0.25) is 0 Å². The Morgan fingerprint density at radius 1 is 1.44 bits per heavy atom. The van der Waals surface area contributed by atoms with Gasteiger partial charge in [0.2, 0.25) is 0 Å². The Morgan fingerprint density at radius 3 is 2.81 bits per heavy atom. The first-order chi connectivity index (χ1) is 7.78. The van der Waals surface area contributed by atoms with Crippen LogP contribution in [0.4, 0.5) is 0 Å². The van der Waals surface area contributed by atoms with Gasteiger partial charge in [-0.25, -0.2) is 0 Å². The van der Waals surface area contributed by atoms with Crippen molar-refractivity contribution in [2.45, 2.75) is 19.3 Å². The molecule has 2 rings (SSSR count). The molecule has 0 unspecified atom stereocenters. The number of rotatable bonds is 4. The molecule has 1 aliphatic rings.